The van der Waals surface area contributed by atoms with Gasteiger partial charge >= 0.3 is 0 Å². The van der Waals surface area contributed by atoms with Gasteiger partial charge in [0.15, 0.2) is 0 Å². The minimum absolute atomic E-state index is 0.137. The molecule has 3 aromatic rings. The van der Waals surface area contributed by atoms with Crippen molar-refractivity contribution < 1.29 is 9.52 Å². The first kappa shape index (κ1) is 17.5. The van der Waals surface area contributed by atoms with E-state index in [0.29, 0.717) is 42.9 Å². The highest BCUT2D eigenvalue weighted by atomic mass is 35.5. The van der Waals surface area contributed by atoms with Crippen molar-refractivity contribution in [1.82, 2.24) is 20.1 Å². The third kappa shape index (κ3) is 5.09. The molecular formula is C18H19ClN4O2. The fraction of sp³-hybridized carbons (Fsp3) is 0.278. The molecule has 0 atom stereocenters. The summed E-state index contributed by atoms with van der Waals surface area (Å²) in [5.41, 5.74) is 1.78. The Morgan fingerprint density at radius 2 is 1.88 bits per heavy atom. The maximum absolute atomic E-state index is 9.12. The lowest BCUT2D eigenvalue weighted by Gasteiger charge is -2.19. The highest BCUT2D eigenvalue weighted by Gasteiger charge is 2.14. The first-order valence-electron chi connectivity index (χ1n) is 8.06. The Morgan fingerprint density at radius 3 is 2.60 bits per heavy atom. The molecule has 0 saturated heterocycles. The van der Waals surface area contributed by atoms with Gasteiger partial charge in [0.05, 0.1) is 12.2 Å². The average molecular weight is 359 g/mol. The molecule has 0 aliphatic heterocycles. The van der Waals surface area contributed by atoms with Gasteiger partial charge in [-0.2, -0.15) is 0 Å². The summed E-state index contributed by atoms with van der Waals surface area (Å²) in [6.07, 6.45) is 2.44. The number of hydrogen-bond acceptors (Lipinski definition) is 6. The van der Waals surface area contributed by atoms with Gasteiger partial charge in [0.1, 0.15) is 0 Å². The van der Waals surface area contributed by atoms with Crippen LogP contribution in [-0.2, 0) is 13.1 Å². The lowest BCUT2D eigenvalue weighted by molar-refractivity contribution is 0.197. The molecule has 7 heteroatoms. The van der Waals surface area contributed by atoms with Crippen molar-refractivity contribution in [3.63, 3.8) is 0 Å². The van der Waals surface area contributed by atoms with Crippen LogP contribution in [0.4, 0.5) is 0 Å². The van der Waals surface area contributed by atoms with Gasteiger partial charge in [0.2, 0.25) is 11.8 Å². The van der Waals surface area contributed by atoms with Crippen molar-refractivity contribution in [3.05, 3.63) is 65.3 Å². The van der Waals surface area contributed by atoms with Crippen molar-refractivity contribution in [1.29, 1.82) is 0 Å². The zero-order valence-corrected chi connectivity index (χ0v) is 14.4. The highest BCUT2D eigenvalue weighted by Crippen LogP contribution is 2.21. The SMILES string of the molecule is OCCCN(Cc1ccccn1)Cc1nnc(-c2ccc(Cl)cc2)o1. The molecule has 130 valence electrons. The fourth-order valence-electron chi connectivity index (χ4n) is 2.45. The molecule has 2 heterocycles. The number of halogens is 1. The molecule has 0 bridgehead atoms. The van der Waals surface area contributed by atoms with Crippen LogP contribution in [0.2, 0.25) is 5.02 Å². The lowest BCUT2D eigenvalue weighted by atomic mass is 10.2. The van der Waals surface area contributed by atoms with Crippen LogP contribution in [0.25, 0.3) is 11.5 Å². The van der Waals surface area contributed by atoms with Gasteiger partial charge in [-0.1, -0.05) is 17.7 Å². The number of benzene rings is 1. The van der Waals surface area contributed by atoms with Crippen LogP contribution in [0.5, 0.6) is 0 Å². The van der Waals surface area contributed by atoms with Crippen LogP contribution in [0, 0.1) is 0 Å². The number of pyridine rings is 1. The lowest BCUT2D eigenvalue weighted by Crippen LogP contribution is -2.25. The van der Waals surface area contributed by atoms with Crippen molar-refractivity contribution >= 4 is 11.6 Å². The van der Waals surface area contributed by atoms with Crippen LogP contribution >= 0.6 is 11.6 Å². The van der Waals surface area contributed by atoms with Gasteiger partial charge in [-0.25, -0.2) is 0 Å². The number of aliphatic hydroxyl groups excluding tert-OH is 1. The molecule has 2 aromatic heterocycles. The van der Waals surface area contributed by atoms with E-state index in [1.165, 1.54) is 0 Å². The summed E-state index contributed by atoms with van der Waals surface area (Å²) >= 11 is 5.90. The second kappa shape index (κ2) is 8.71. The molecule has 0 unspecified atom stereocenters. The number of aromatic nitrogens is 3. The van der Waals surface area contributed by atoms with Gasteiger partial charge in [-0.05, 0) is 42.8 Å². The molecule has 6 nitrogen and oxygen atoms in total. The first-order valence-corrected chi connectivity index (χ1v) is 8.44. The van der Waals surface area contributed by atoms with Gasteiger partial charge < -0.3 is 9.52 Å². The first-order chi connectivity index (χ1) is 12.2. The summed E-state index contributed by atoms with van der Waals surface area (Å²) in [5.74, 6) is 0.991. The maximum Gasteiger partial charge on any atom is 0.247 e. The van der Waals surface area contributed by atoms with E-state index in [1.54, 1.807) is 18.3 Å². The molecule has 1 N–H and O–H groups in total. The Hall–Kier alpha value is -2.28. The van der Waals surface area contributed by atoms with Gasteiger partial charge in [0.25, 0.3) is 0 Å². The van der Waals surface area contributed by atoms with Crippen molar-refractivity contribution in [2.75, 3.05) is 13.2 Å². The Labute approximate surface area is 151 Å². The number of rotatable bonds is 8. The molecule has 25 heavy (non-hydrogen) atoms. The molecule has 0 aliphatic carbocycles. The zero-order valence-electron chi connectivity index (χ0n) is 13.7. The van der Waals surface area contributed by atoms with E-state index in [0.717, 1.165) is 11.3 Å². The Morgan fingerprint density at radius 1 is 1.04 bits per heavy atom. The predicted molar refractivity (Wildman–Crippen MR) is 94.8 cm³/mol. The summed E-state index contributed by atoms with van der Waals surface area (Å²) in [7, 11) is 0. The number of aliphatic hydroxyl groups is 1. The maximum atomic E-state index is 9.12. The highest BCUT2D eigenvalue weighted by molar-refractivity contribution is 6.30. The molecule has 0 saturated carbocycles. The van der Waals surface area contributed by atoms with Crippen molar-refractivity contribution in [3.8, 4) is 11.5 Å². The number of hydrogen-bond donors (Lipinski definition) is 1. The Balaban J connectivity index is 1.69. The van der Waals surface area contributed by atoms with E-state index in [1.807, 2.05) is 30.3 Å². The zero-order chi connectivity index (χ0) is 17.5. The molecule has 0 fully saturated rings. The van der Waals surface area contributed by atoms with Crippen LogP contribution in [0.1, 0.15) is 18.0 Å². The van der Waals surface area contributed by atoms with Gasteiger partial charge in [-0.3, -0.25) is 9.88 Å². The minimum Gasteiger partial charge on any atom is -0.419 e. The average Bonchev–Trinajstić information content (AvgIpc) is 3.09. The third-order valence-electron chi connectivity index (χ3n) is 3.66. The monoisotopic (exact) mass is 358 g/mol. The summed E-state index contributed by atoms with van der Waals surface area (Å²) in [4.78, 5) is 6.47. The third-order valence-corrected chi connectivity index (χ3v) is 3.91. The van der Waals surface area contributed by atoms with Crippen LogP contribution in [0.3, 0.4) is 0 Å². The van der Waals surface area contributed by atoms with Crippen LogP contribution in [0.15, 0.2) is 53.1 Å². The molecular weight excluding hydrogens is 340 g/mol. The van der Waals surface area contributed by atoms with Gasteiger partial charge in [-0.15, -0.1) is 10.2 Å². The van der Waals surface area contributed by atoms with Crippen LogP contribution in [-0.4, -0.2) is 38.3 Å². The van der Waals surface area contributed by atoms with E-state index < -0.39 is 0 Å². The topological polar surface area (TPSA) is 75.3 Å². The van der Waals surface area contributed by atoms with Crippen molar-refractivity contribution in [2.24, 2.45) is 0 Å². The standard InChI is InChI=1S/C18H19ClN4O2/c19-15-7-5-14(6-8-15)18-22-21-17(25-18)13-23(10-3-11-24)12-16-4-1-2-9-20-16/h1-2,4-9,24H,3,10-13H2. The second-order valence-electron chi connectivity index (χ2n) is 5.62. The Bertz CT molecular complexity index is 777. The molecule has 0 amide bonds. The minimum atomic E-state index is 0.137. The molecule has 0 spiro atoms. The molecule has 0 radical (unpaired) electrons. The largest absolute Gasteiger partial charge is 0.419 e. The summed E-state index contributed by atoms with van der Waals surface area (Å²) in [6, 6.07) is 13.1. The Kier molecular flexibility index (Phi) is 6.11. The number of nitrogens with zero attached hydrogens (tertiary/aromatic N) is 4. The van der Waals surface area contributed by atoms with Gasteiger partial charge in [0, 0.05) is 36.5 Å². The normalized spacial score (nSPS) is 11.2. The van der Waals surface area contributed by atoms with E-state index in [9.17, 15) is 0 Å². The van der Waals surface area contributed by atoms with Crippen LogP contribution < -0.4 is 0 Å². The fourth-order valence-corrected chi connectivity index (χ4v) is 2.57. The van der Waals surface area contributed by atoms with E-state index >= 15 is 0 Å². The summed E-state index contributed by atoms with van der Waals surface area (Å²) < 4.78 is 5.77. The molecule has 0 aliphatic rings. The molecule has 1 aromatic carbocycles. The van der Waals surface area contributed by atoms with E-state index in [2.05, 4.69) is 20.1 Å². The smallest absolute Gasteiger partial charge is 0.247 e. The quantitative estimate of drug-likeness (QED) is 0.666. The van der Waals surface area contributed by atoms with Crippen molar-refractivity contribution in [2.45, 2.75) is 19.5 Å². The second-order valence-corrected chi connectivity index (χ2v) is 6.05. The molecule has 3 rings (SSSR count). The predicted octanol–water partition coefficient (Wildman–Crippen LogP) is 3.17. The van der Waals surface area contributed by atoms with E-state index in [-0.39, 0.29) is 6.61 Å². The summed E-state index contributed by atoms with van der Waals surface area (Å²) in [5, 5.41) is 18.0. The van der Waals surface area contributed by atoms with E-state index in [4.69, 9.17) is 21.1 Å². The summed E-state index contributed by atoms with van der Waals surface area (Å²) in [6.45, 7) is 2.00.